The lowest BCUT2D eigenvalue weighted by molar-refractivity contribution is -0.130. The van der Waals surface area contributed by atoms with E-state index >= 15 is 0 Å². The van der Waals surface area contributed by atoms with E-state index in [1.807, 2.05) is 44.2 Å². The van der Waals surface area contributed by atoms with Crippen molar-refractivity contribution < 1.29 is 4.79 Å². The number of ketones is 1. The lowest BCUT2D eigenvalue weighted by atomic mass is 9.75. The second-order valence-electron chi connectivity index (χ2n) is 4.84. The van der Waals surface area contributed by atoms with Crippen LogP contribution in [0.3, 0.4) is 0 Å². The third kappa shape index (κ3) is 1.95. The van der Waals surface area contributed by atoms with Gasteiger partial charge in [0.15, 0.2) is 0 Å². The van der Waals surface area contributed by atoms with Crippen LogP contribution in [0.1, 0.15) is 25.3 Å². The fourth-order valence-electron chi connectivity index (χ4n) is 2.14. The largest absolute Gasteiger partial charge is 0.315 e. The Morgan fingerprint density at radius 3 is 2.60 bits per heavy atom. The molecule has 1 fully saturated rings. The number of Topliss-reactive ketones (excluding diaryl/α,β-unsaturated/α-hetero) is 1. The highest BCUT2D eigenvalue weighted by atomic mass is 16.1. The summed E-state index contributed by atoms with van der Waals surface area (Å²) in [5, 5.41) is 3.33. The molecule has 0 spiro atoms. The molecule has 1 aliphatic rings. The summed E-state index contributed by atoms with van der Waals surface area (Å²) in [6, 6.07) is 10.0. The second kappa shape index (κ2) is 3.78. The van der Waals surface area contributed by atoms with Crippen molar-refractivity contribution in [3.8, 4) is 0 Å². The van der Waals surface area contributed by atoms with E-state index in [4.69, 9.17) is 0 Å². The molecule has 1 saturated heterocycles. The lowest BCUT2D eigenvalue weighted by Gasteiger charge is -2.34. The summed E-state index contributed by atoms with van der Waals surface area (Å²) in [6.45, 7) is 5.58. The summed E-state index contributed by atoms with van der Waals surface area (Å²) >= 11 is 0. The van der Waals surface area contributed by atoms with Crippen LogP contribution in [0, 0.1) is 5.41 Å². The van der Waals surface area contributed by atoms with Gasteiger partial charge in [-0.2, -0.15) is 0 Å². The molecule has 0 bridgehead atoms. The van der Waals surface area contributed by atoms with Crippen LogP contribution in [0.2, 0.25) is 0 Å². The highest BCUT2D eigenvalue weighted by Gasteiger charge is 2.37. The van der Waals surface area contributed by atoms with Gasteiger partial charge in [-0.05, 0) is 5.56 Å². The number of hydrogen-bond donors (Lipinski definition) is 1. The summed E-state index contributed by atoms with van der Waals surface area (Å²) in [5.74, 6) is 0.377. The van der Waals surface area contributed by atoms with E-state index in [9.17, 15) is 4.79 Å². The summed E-state index contributed by atoms with van der Waals surface area (Å²) in [4.78, 5) is 12.2. The molecule has 1 heterocycles. The van der Waals surface area contributed by atoms with Crippen molar-refractivity contribution in [3.05, 3.63) is 35.9 Å². The van der Waals surface area contributed by atoms with Gasteiger partial charge in [0, 0.05) is 18.5 Å². The zero-order chi connectivity index (χ0) is 10.9. The van der Waals surface area contributed by atoms with Gasteiger partial charge in [-0.1, -0.05) is 44.2 Å². The number of benzene rings is 1. The molecule has 0 saturated carbocycles. The monoisotopic (exact) mass is 203 g/mol. The standard InChI is InChI=1S/C13H17NO/c1-13(2)9-14-8-11(12(13)15)10-6-4-3-5-7-10/h3-7,11,14H,8-9H2,1-2H3. The maximum absolute atomic E-state index is 12.2. The van der Waals surface area contributed by atoms with Crippen molar-refractivity contribution in [1.29, 1.82) is 0 Å². The third-order valence-corrected chi connectivity index (χ3v) is 3.10. The van der Waals surface area contributed by atoms with Gasteiger partial charge < -0.3 is 5.32 Å². The number of carbonyl (C=O) groups excluding carboxylic acids is 1. The van der Waals surface area contributed by atoms with Crippen LogP contribution >= 0.6 is 0 Å². The molecular weight excluding hydrogens is 186 g/mol. The Morgan fingerprint density at radius 1 is 1.27 bits per heavy atom. The minimum absolute atomic E-state index is 0.0231. The summed E-state index contributed by atoms with van der Waals surface area (Å²) < 4.78 is 0. The molecule has 80 valence electrons. The van der Waals surface area contributed by atoms with E-state index < -0.39 is 0 Å². The molecule has 2 heteroatoms. The molecule has 1 unspecified atom stereocenters. The summed E-state index contributed by atoms with van der Waals surface area (Å²) in [5.41, 5.74) is 0.890. The van der Waals surface area contributed by atoms with Crippen molar-refractivity contribution in [2.75, 3.05) is 13.1 Å². The molecule has 1 N–H and O–H groups in total. The highest BCUT2D eigenvalue weighted by molar-refractivity contribution is 5.91. The van der Waals surface area contributed by atoms with E-state index in [0.717, 1.165) is 18.7 Å². The maximum Gasteiger partial charge on any atom is 0.148 e. The Labute approximate surface area is 90.7 Å². The van der Waals surface area contributed by atoms with E-state index in [0.29, 0.717) is 5.78 Å². The molecule has 1 aromatic carbocycles. The second-order valence-corrected chi connectivity index (χ2v) is 4.84. The van der Waals surface area contributed by atoms with Crippen molar-refractivity contribution in [1.82, 2.24) is 5.32 Å². The third-order valence-electron chi connectivity index (χ3n) is 3.10. The first-order valence-electron chi connectivity index (χ1n) is 5.41. The predicted molar refractivity (Wildman–Crippen MR) is 60.8 cm³/mol. The number of carbonyl (C=O) groups is 1. The molecular formula is C13H17NO. The predicted octanol–water partition coefficient (Wildman–Crippen LogP) is 1.97. The molecule has 0 aliphatic carbocycles. The van der Waals surface area contributed by atoms with E-state index in [1.165, 1.54) is 0 Å². The molecule has 2 nitrogen and oxygen atoms in total. The van der Waals surface area contributed by atoms with Crippen LogP contribution < -0.4 is 5.32 Å². The molecule has 1 aromatic rings. The van der Waals surface area contributed by atoms with Gasteiger partial charge in [-0.3, -0.25) is 4.79 Å². The molecule has 0 aromatic heterocycles. The fraction of sp³-hybridized carbons (Fsp3) is 0.462. The lowest BCUT2D eigenvalue weighted by Crippen LogP contribution is -2.48. The highest BCUT2D eigenvalue weighted by Crippen LogP contribution is 2.30. The van der Waals surface area contributed by atoms with Crippen LogP contribution in [0.15, 0.2) is 30.3 Å². The van der Waals surface area contributed by atoms with Gasteiger partial charge >= 0.3 is 0 Å². The number of rotatable bonds is 1. The van der Waals surface area contributed by atoms with Crippen LogP contribution in [-0.2, 0) is 4.79 Å². The van der Waals surface area contributed by atoms with Crippen LogP contribution in [0.4, 0.5) is 0 Å². The van der Waals surface area contributed by atoms with E-state index in [-0.39, 0.29) is 11.3 Å². The number of hydrogen-bond acceptors (Lipinski definition) is 2. The van der Waals surface area contributed by atoms with Crippen molar-refractivity contribution in [3.63, 3.8) is 0 Å². The Hall–Kier alpha value is -1.15. The first-order chi connectivity index (χ1) is 7.11. The average molecular weight is 203 g/mol. The van der Waals surface area contributed by atoms with Crippen LogP contribution in [0.25, 0.3) is 0 Å². The molecule has 2 rings (SSSR count). The average Bonchev–Trinajstić information content (AvgIpc) is 2.23. The minimum Gasteiger partial charge on any atom is -0.315 e. The number of piperidine rings is 1. The van der Waals surface area contributed by atoms with E-state index in [1.54, 1.807) is 0 Å². The summed E-state index contributed by atoms with van der Waals surface area (Å²) in [7, 11) is 0. The number of nitrogens with one attached hydrogen (secondary N) is 1. The first kappa shape index (κ1) is 10.4. The molecule has 15 heavy (non-hydrogen) atoms. The minimum atomic E-state index is -0.237. The zero-order valence-electron chi connectivity index (χ0n) is 9.29. The fourth-order valence-corrected chi connectivity index (χ4v) is 2.14. The SMILES string of the molecule is CC1(C)CNCC(c2ccccc2)C1=O. The van der Waals surface area contributed by atoms with Gasteiger partial charge in [0.25, 0.3) is 0 Å². The van der Waals surface area contributed by atoms with Crippen LogP contribution in [-0.4, -0.2) is 18.9 Å². The molecule has 1 aliphatic heterocycles. The zero-order valence-corrected chi connectivity index (χ0v) is 9.29. The summed E-state index contributed by atoms with van der Waals surface area (Å²) in [6.07, 6.45) is 0. The van der Waals surface area contributed by atoms with Gasteiger partial charge in [-0.25, -0.2) is 0 Å². The van der Waals surface area contributed by atoms with Gasteiger partial charge in [-0.15, -0.1) is 0 Å². The Bertz CT molecular complexity index is 356. The quantitative estimate of drug-likeness (QED) is 0.756. The molecule has 0 radical (unpaired) electrons. The van der Waals surface area contributed by atoms with Crippen LogP contribution in [0.5, 0.6) is 0 Å². The molecule has 1 atom stereocenters. The van der Waals surface area contributed by atoms with Gasteiger partial charge in [0.1, 0.15) is 5.78 Å². The van der Waals surface area contributed by atoms with Crippen molar-refractivity contribution >= 4 is 5.78 Å². The normalized spacial score (nSPS) is 25.2. The Kier molecular flexibility index (Phi) is 2.61. The first-order valence-corrected chi connectivity index (χ1v) is 5.41. The van der Waals surface area contributed by atoms with E-state index in [2.05, 4.69) is 5.32 Å². The van der Waals surface area contributed by atoms with Crippen molar-refractivity contribution in [2.45, 2.75) is 19.8 Å². The Morgan fingerprint density at radius 2 is 1.93 bits per heavy atom. The topological polar surface area (TPSA) is 29.1 Å². The molecule has 0 amide bonds. The van der Waals surface area contributed by atoms with Gasteiger partial charge in [0.2, 0.25) is 0 Å². The maximum atomic E-state index is 12.2. The van der Waals surface area contributed by atoms with Gasteiger partial charge in [0.05, 0.1) is 5.92 Å². The smallest absolute Gasteiger partial charge is 0.148 e. The van der Waals surface area contributed by atoms with Crippen molar-refractivity contribution in [2.24, 2.45) is 5.41 Å². The Balaban J connectivity index is 2.27.